The first-order valence-corrected chi connectivity index (χ1v) is 6.64. The summed E-state index contributed by atoms with van der Waals surface area (Å²) in [6, 6.07) is 0. The maximum Gasteiger partial charge on any atom is 0.330 e. The van der Waals surface area contributed by atoms with Crippen molar-refractivity contribution >= 4 is 11.9 Å². The van der Waals surface area contributed by atoms with E-state index in [1.165, 1.54) is 18.9 Å². The molecule has 0 aromatic rings. The van der Waals surface area contributed by atoms with E-state index < -0.39 is 0 Å². The van der Waals surface area contributed by atoms with Gasteiger partial charge >= 0.3 is 5.97 Å². The third kappa shape index (κ3) is 11.2. The lowest BCUT2D eigenvalue weighted by atomic mass is 10.1. The molecule has 0 aliphatic heterocycles. The van der Waals surface area contributed by atoms with Gasteiger partial charge in [-0.2, -0.15) is 0 Å². The largest absolute Gasteiger partial charge is 0.461 e. The zero-order valence-electron chi connectivity index (χ0n) is 11.8. The van der Waals surface area contributed by atoms with E-state index in [0.717, 1.165) is 18.4 Å². The van der Waals surface area contributed by atoms with Crippen LogP contribution in [-0.2, 0) is 14.3 Å². The zero-order valence-corrected chi connectivity index (χ0v) is 11.8. The van der Waals surface area contributed by atoms with E-state index in [2.05, 4.69) is 12.2 Å². The lowest BCUT2D eigenvalue weighted by Crippen LogP contribution is -2.27. The van der Waals surface area contributed by atoms with Crippen molar-refractivity contribution < 1.29 is 14.3 Å². The van der Waals surface area contributed by atoms with Gasteiger partial charge in [-0.25, -0.2) is 4.79 Å². The zero-order chi connectivity index (χ0) is 13.8. The summed E-state index contributed by atoms with van der Waals surface area (Å²) in [6.45, 7) is 6.41. The quantitative estimate of drug-likeness (QED) is 0.391. The molecule has 104 valence electrons. The van der Waals surface area contributed by atoms with E-state index in [-0.39, 0.29) is 18.5 Å². The van der Waals surface area contributed by atoms with Crippen LogP contribution in [0.3, 0.4) is 0 Å². The molecule has 0 unspecified atom stereocenters. The van der Waals surface area contributed by atoms with Gasteiger partial charge in [0.25, 0.3) is 0 Å². The van der Waals surface area contributed by atoms with E-state index in [1.54, 1.807) is 0 Å². The van der Waals surface area contributed by atoms with Crippen LogP contribution in [0.25, 0.3) is 0 Å². The molecule has 0 aliphatic carbocycles. The second-order valence-electron chi connectivity index (χ2n) is 4.55. The third-order valence-electron chi connectivity index (χ3n) is 2.33. The summed E-state index contributed by atoms with van der Waals surface area (Å²) in [4.78, 5) is 22.5. The van der Waals surface area contributed by atoms with Crippen molar-refractivity contribution in [3.05, 3.63) is 11.6 Å². The molecule has 0 spiro atoms. The highest BCUT2D eigenvalue weighted by atomic mass is 16.5. The number of carbonyl (C=O) groups excluding carboxylic acids is 2. The monoisotopic (exact) mass is 255 g/mol. The van der Waals surface area contributed by atoms with Crippen LogP contribution in [0.15, 0.2) is 11.6 Å². The van der Waals surface area contributed by atoms with Crippen LogP contribution in [0.1, 0.15) is 52.9 Å². The van der Waals surface area contributed by atoms with Crippen LogP contribution < -0.4 is 5.32 Å². The molecule has 0 rings (SSSR count). The molecule has 0 bridgehead atoms. The Labute approximate surface area is 110 Å². The van der Waals surface area contributed by atoms with Crippen molar-refractivity contribution in [2.45, 2.75) is 52.9 Å². The Bertz CT molecular complexity index is 281. The number of allylic oxidation sites excluding steroid dienone is 1. The Kier molecular flexibility index (Phi) is 10.0. The lowest BCUT2D eigenvalue weighted by Gasteiger charge is -2.05. The Balaban J connectivity index is 3.46. The minimum atomic E-state index is -0.354. The van der Waals surface area contributed by atoms with Crippen molar-refractivity contribution in [1.29, 1.82) is 0 Å². The van der Waals surface area contributed by atoms with Crippen LogP contribution in [0.4, 0.5) is 0 Å². The minimum absolute atomic E-state index is 0.0318. The fourth-order valence-corrected chi connectivity index (χ4v) is 1.42. The van der Waals surface area contributed by atoms with E-state index in [0.29, 0.717) is 13.0 Å². The Morgan fingerprint density at radius 3 is 2.50 bits per heavy atom. The standard InChI is InChI=1S/C14H25NO3/c1-4-5-6-7-8-13(16)15-9-10-18-14(17)11-12(2)3/h11H,4-10H2,1-3H3,(H,15,16). The van der Waals surface area contributed by atoms with Crippen LogP contribution in [0.2, 0.25) is 0 Å². The molecule has 0 aliphatic rings. The number of unbranched alkanes of at least 4 members (excludes halogenated alkanes) is 3. The average Bonchev–Trinajstić information content (AvgIpc) is 2.29. The number of esters is 1. The SMILES string of the molecule is CCCCCCC(=O)NCCOC(=O)C=C(C)C. The first kappa shape index (κ1) is 16.7. The van der Waals surface area contributed by atoms with Crippen molar-refractivity contribution in [1.82, 2.24) is 5.32 Å². The maximum absolute atomic E-state index is 11.4. The second kappa shape index (κ2) is 10.8. The number of ether oxygens (including phenoxy) is 1. The molecule has 4 heteroatoms. The van der Waals surface area contributed by atoms with E-state index in [1.807, 2.05) is 13.8 Å². The molecule has 0 fully saturated rings. The van der Waals surface area contributed by atoms with E-state index >= 15 is 0 Å². The molecular formula is C14H25NO3. The summed E-state index contributed by atoms with van der Waals surface area (Å²) in [6.07, 6.45) is 6.36. The Morgan fingerprint density at radius 1 is 1.17 bits per heavy atom. The molecular weight excluding hydrogens is 230 g/mol. The van der Waals surface area contributed by atoms with Gasteiger partial charge in [0.05, 0.1) is 6.54 Å². The van der Waals surface area contributed by atoms with Crippen molar-refractivity contribution in [2.75, 3.05) is 13.2 Å². The van der Waals surface area contributed by atoms with E-state index in [9.17, 15) is 9.59 Å². The smallest absolute Gasteiger partial charge is 0.330 e. The summed E-state index contributed by atoms with van der Waals surface area (Å²) < 4.78 is 4.92. The van der Waals surface area contributed by atoms with Gasteiger partial charge in [0.15, 0.2) is 0 Å². The third-order valence-corrected chi connectivity index (χ3v) is 2.33. The number of rotatable bonds is 9. The topological polar surface area (TPSA) is 55.4 Å². The molecule has 0 saturated carbocycles. The van der Waals surface area contributed by atoms with Gasteiger partial charge in [0, 0.05) is 12.5 Å². The van der Waals surface area contributed by atoms with Gasteiger partial charge in [-0.15, -0.1) is 0 Å². The van der Waals surface area contributed by atoms with Crippen LogP contribution in [0, 0.1) is 0 Å². The molecule has 0 heterocycles. The number of carbonyl (C=O) groups is 2. The van der Waals surface area contributed by atoms with Crippen LogP contribution in [0.5, 0.6) is 0 Å². The fourth-order valence-electron chi connectivity index (χ4n) is 1.42. The van der Waals surface area contributed by atoms with Crippen molar-refractivity contribution in [2.24, 2.45) is 0 Å². The summed E-state index contributed by atoms with van der Waals surface area (Å²) in [5, 5.41) is 2.73. The fraction of sp³-hybridized carbons (Fsp3) is 0.714. The lowest BCUT2D eigenvalue weighted by molar-refractivity contribution is -0.138. The van der Waals surface area contributed by atoms with Gasteiger partial charge in [-0.3, -0.25) is 4.79 Å². The van der Waals surface area contributed by atoms with Crippen LogP contribution >= 0.6 is 0 Å². The molecule has 0 radical (unpaired) electrons. The predicted molar refractivity (Wildman–Crippen MR) is 72.2 cm³/mol. The second-order valence-corrected chi connectivity index (χ2v) is 4.55. The summed E-state index contributed by atoms with van der Waals surface area (Å²) in [7, 11) is 0. The highest BCUT2D eigenvalue weighted by molar-refractivity contribution is 5.82. The summed E-state index contributed by atoms with van der Waals surface area (Å²) in [5.74, 6) is -0.323. The molecule has 0 aromatic carbocycles. The first-order chi connectivity index (χ1) is 8.56. The average molecular weight is 255 g/mol. The highest BCUT2D eigenvalue weighted by Gasteiger charge is 2.01. The van der Waals surface area contributed by atoms with Crippen molar-refractivity contribution in [3.63, 3.8) is 0 Å². The van der Waals surface area contributed by atoms with Gasteiger partial charge in [-0.05, 0) is 20.3 Å². The normalized spacial score (nSPS) is 9.72. The molecule has 18 heavy (non-hydrogen) atoms. The minimum Gasteiger partial charge on any atom is -0.461 e. The number of amides is 1. The molecule has 0 saturated heterocycles. The number of nitrogens with one attached hydrogen (secondary N) is 1. The maximum atomic E-state index is 11.4. The van der Waals surface area contributed by atoms with E-state index in [4.69, 9.17) is 4.74 Å². The number of hydrogen-bond donors (Lipinski definition) is 1. The molecule has 1 amide bonds. The highest BCUT2D eigenvalue weighted by Crippen LogP contribution is 2.01. The number of hydrogen-bond acceptors (Lipinski definition) is 3. The van der Waals surface area contributed by atoms with Gasteiger partial charge < -0.3 is 10.1 Å². The van der Waals surface area contributed by atoms with Gasteiger partial charge in [0.2, 0.25) is 5.91 Å². The van der Waals surface area contributed by atoms with Crippen molar-refractivity contribution in [3.8, 4) is 0 Å². The predicted octanol–water partition coefficient (Wildman–Crippen LogP) is 2.58. The Hall–Kier alpha value is -1.32. The van der Waals surface area contributed by atoms with Crippen LogP contribution in [-0.4, -0.2) is 25.0 Å². The molecule has 1 N–H and O–H groups in total. The molecule has 4 nitrogen and oxygen atoms in total. The summed E-state index contributed by atoms with van der Waals surface area (Å²) >= 11 is 0. The Morgan fingerprint density at radius 2 is 1.89 bits per heavy atom. The first-order valence-electron chi connectivity index (χ1n) is 6.64. The molecule has 0 atom stereocenters. The molecule has 0 aromatic heterocycles. The summed E-state index contributed by atoms with van der Waals surface area (Å²) in [5.41, 5.74) is 0.903. The van der Waals surface area contributed by atoms with Gasteiger partial charge in [-0.1, -0.05) is 31.8 Å². The van der Waals surface area contributed by atoms with Gasteiger partial charge in [0.1, 0.15) is 6.61 Å².